The SMILES string of the molecule is COc1cc2ncnc(Nc3ccc(NC(=O)CCCc4cccs4)cc3)c2cc1OC. The minimum absolute atomic E-state index is 0.0186. The van der Waals surface area contributed by atoms with Crippen molar-refractivity contribution < 1.29 is 14.3 Å². The Morgan fingerprint density at radius 1 is 1.00 bits per heavy atom. The molecule has 32 heavy (non-hydrogen) atoms. The fourth-order valence-electron chi connectivity index (χ4n) is 3.36. The number of methoxy groups -OCH3 is 2. The van der Waals surface area contributed by atoms with Crippen molar-refractivity contribution in [3.05, 3.63) is 65.1 Å². The van der Waals surface area contributed by atoms with Gasteiger partial charge in [-0.3, -0.25) is 4.79 Å². The van der Waals surface area contributed by atoms with Gasteiger partial charge in [-0.1, -0.05) is 6.07 Å². The van der Waals surface area contributed by atoms with Crippen LogP contribution in [0.15, 0.2) is 60.2 Å². The van der Waals surface area contributed by atoms with Gasteiger partial charge in [0.15, 0.2) is 11.5 Å². The van der Waals surface area contributed by atoms with Crippen molar-refractivity contribution in [1.82, 2.24) is 9.97 Å². The van der Waals surface area contributed by atoms with Crippen molar-refractivity contribution in [3.63, 3.8) is 0 Å². The monoisotopic (exact) mass is 448 g/mol. The number of fused-ring (bicyclic) bond motifs is 1. The molecule has 0 bridgehead atoms. The van der Waals surface area contributed by atoms with Crippen LogP contribution in [-0.4, -0.2) is 30.1 Å². The van der Waals surface area contributed by atoms with Crippen molar-refractivity contribution in [2.24, 2.45) is 0 Å². The molecule has 0 saturated carbocycles. The van der Waals surface area contributed by atoms with Gasteiger partial charge in [0.2, 0.25) is 5.91 Å². The molecule has 4 aromatic rings. The fourth-order valence-corrected chi connectivity index (χ4v) is 4.11. The van der Waals surface area contributed by atoms with Crippen LogP contribution >= 0.6 is 11.3 Å². The van der Waals surface area contributed by atoms with Crippen LogP contribution in [0.3, 0.4) is 0 Å². The summed E-state index contributed by atoms with van der Waals surface area (Å²) in [5.41, 5.74) is 2.35. The number of thiophene rings is 1. The molecule has 0 aliphatic rings. The molecule has 0 aliphatic carbocycles. The molecule has 2 N–H and O–H groups in total. The summed E-state index contributed by atoms with van der Waals surface area (Å²) in [5.74, 6) is 1.89. The number of ether oxygens (including phenoxy) is 2. The predicted molar refractivity (Wildman–Crippen MR) is 128 cm³/mol. The Balaban J connectivity index is 1.40. The predicted octanol–water partition coefficient (Wildman–Crippen LogP) is 5.41. The van der Waals surface area contributed by atoms with E-state index in [1.54, 1.807) is 25.6 Å². The highest BCUT2D eigenvalue weighted by Gasteiger charge is 2.11. The molecule has 0 fully saturated rings. The number of rotatable bonds is 9. The van der Waals surface area contributed by atoms with Gasteiger partial charge in [0, 0.05) is 34.1 Å². The Hall–Kier alpha value is -3.65. The summed E-state index contributed by atoms with van der Waals surface area (Å²) in [6, 6.07) is 15.3. The maximum Gasteiger partial charge on any atom is 0.224 e. The Labute approximate surface area is 190 Å². The van der Waals surface area contributed by atoms with E-state index >= 15 is 0 Å². The van der Waals surface area contributed by atoms with Crippen LogP contribution in [0.5, 0.6) is 11.5 Å². The second-order valence-corrected chi connectivity index (χ2v) is 8.16. The topological polar surface area (TPSA) is 85.4 Å². The van der Waals surface area contributed by atoms with E-state index in [1.807, 2.05) is 42.5 Å². The number of hydrogen-bond acceptors (Lipinski definition) is 7. The number of aryl methyl sites for hydroxylation is 1. The minimum Gasteiger partial charge on any atom is -0.493 e. The minimum atomic E-state index is 0.0186. The Morgan fingerprint density at radius 3 is 2.47 bits per heavy atom. The number of carbonyl (C=O) groups is 1. The second kappa shape index (κ2) is 10.1. The molecule has 2 heterocycles. The van der Waals surface area contributed by atoms with Crippen molar-refractivity contribution in [2.75, 3.05) is 24.9 Å². The van der Waals surface area contributed by atoms with Crippen molar-refractivity contribution in [3.8, 4) is 11.5 Å². The van der Waals surface area contributed by atoms with Crippen molar-refractivity contribution >= 4 is 45.3 Å². The molecule has 164 valence electrons. The number of nitrogens with one attached hydrogen (secondary N) is 2. The summed E-state index contributed by atoms with van der Waals surface area (Å²) >= 11 is 1.72. The Morgan fingerprint density at radius 2 is 1.75 bits per heavy atom. The van der Waals surface area contributed by atoms with Gasteiger partial charge >= 0.3 is 0 Å². The molecule has 0 radical (unpaired) electrons. The molecule has 1 amide bonds. The summed E-state index contributed by atoms with van der Waals surface area (Å²) in [6.07, 6.45) is 3.76. The van der Waals surface area contributed by atoms with E-state index in [-0.39, 0.29) is 5.91 Å². The molecule has 4 rings (SSSR count). The molecular formula is C24H24N4O3S. The Kier molecular flexibility index (Phi) is 6.81. The highest BCUT2D eigenvalue weighted by Crippen LogP contribution is 2.34. The quantitative estimate of drug-likeness (QED) is 0.356. The molecule has 0 spiro atoms. The largest absolute Gasteiger partial charge is 0.493 e. The first-order valence-electron chi connectivity index (χ1n) is 10.2. The average molecular weight is 449 g/mol. The van der Waals surface area contributed by atoms with Crippen LogP contribution in [0.25, 0.3) is 10.9 Å². The van der Waals surface area contributed by atoms with Gasteiger partial charge in [0.25, 0.3) is 0 Å². The first-order valence-corrected chi connectivity index (χ1v) is 11.1. The standard InChI is InChI=1S/C24H24N4O3S/c1-30-21-13-19-20(14-22(21)31-2)25-15-26-24(19)28-17-10-8-16(9-11-17)27-23(29)7-3-5-18-6-4-12-32-18/h4,6,8-15H,3,5,7H2,1-2H3,(H,27,29)(H,25,26,28). The molecular weight excluding hydrogens is 424 g/mol. The maximum absolute atomic E-state index is 12.2. The van der Waals surface area contributed by atoms with Crippen molar-refractivity contribution in [1.29, 1.82) is 0 Å². The first-order chi connectivity index (χ1) is 15.7. The molecule has 0 aliphatic heterocycles. The number of benzene rings is 2. The van der Waals surface area contributed by atoms with Gasteiger partial charge in [0.1, 0.15) is 12.1 Å². The van der Waals surface area contributed by atoms with E-state index in [2.05, 4.69) is 32.0 Å². The number of anilines is 3. The van der Waals surface area contributed by atoms with Gasteiger partial charge in [-0.2, -0.15) is 0 Å². The van der Waals surface area contributed by atoms with Gasteiger partial charge in [-0.25, -0.2) is 9.97 Å². The fraction of sp³-hybridized carbons (Fsp3) is 0.208. The van der Waals surface area contributed by atoms with Gasteiger partial charge in [-0.05, 0) is 54.6 Å². The first kappa shape index (κ1) is 21.6. The summed E-state index contributed by atoms with van der Waals surface area (Å²) < 4.78 is 10.8. The third-order valence-corrected chi connectivity index (χ3v) is 5.92. The molecule has 2 aromatic carbocycles. The zero-order valence-electron chi connectivity index (χ0n) is 17.9. The van der Waals surface area contributed by atoms with Gasteiger partial charge in [-0.15, -0.1) is 11.3 Å². The third kappa shape index (κ3) is 5.15. The van der Waals surface area contributed by atoms with Crippen molar-refractivity contribution in [2.45, 2.75) is 19.3 Å². The van der Waals surface area contributed by atoms with Crippen LogP contribution in [0, 0.1) is 0 Å². The molecule has 0 unspecified atom stereocenters. The highest BCUT2D eigenvalue weighted by atomic mass is 32.1. The van der Waals surface area contributed by atoms with Gasteiger partial charge in [0.05, 0.1) is 19.7 Å². The normalized spacial score (nSPS) is 10.7. The lowest BCUT2D eigenvalue weighted by molar-refractivity contribution is -0.116. The lowest BCUT2D eigenvalue weighted by Crippen LogP contribution is -2.11. The molecule has 0 saturated heterocycles. The molecule has 0 atom stereocenters. The lowest BCUT2D eigenvalue weighted by Gasteiger charge is -2.12. The number of hydrogen-bond donors (Lipinski definition) is 2. The number of aromatic nitrogens is 2. The van der Waals surface area contributed by atoms with Crippen LogP contribution in [0.2, 0.25) is 0 Å². The second-order valence-electron chi connectivity index (χ2n) is 7.13. The van der Waals surface area contributed by atoms with Crippen LogP contribution in [0.1, 0.15) is 17.7 Å². The van der Waals surface area contributed by atoms with E-state index in [9.17, 15) is 4.79 Å². The van der Waals surface area contributed by atoms with Gasteiger partial charge < -0.3 is 20.1 Å². The maximum atomic E-state index is 12.2. The third-order valence-electron chi connectivity index (χ3n) is 4.98. The summed E-state index contributed by atoms with van der Waals surface area (Å²) in [6.45, 7) is 0. The summed E-state index contributed by atoms with van der Waals surface area (Å²) in [7, 11) is 3.18. The van der Waals surface area contributed by atoms with E-state index in [0.717, 1.165) is 35.1 Å². The zero-order chi connectivity index (χ0) is 22.3. The number of amides is 1. The summed E-state index contributed by atoms with van der Waals surface area (Å²) in [5, 5.41) is 9.13. The van der Waals surface area contributed by atoms with E-state index in [1.165, 1.54) is 11.2 Å². The zero-order valence-corrected chi connectivity index (χ0v) is 18.7. The lowest BCUT2D eigenvalue weighted by atomic mass is 10.2. The summed E-state index contributed by atoms with van der Waals surface area (Å²) in [4.78, 5) is 22.2. The average Bonchev–Trinajstić information content (AvgIpc) is 3.33. The Bertz CT molecular complexity index is 1190. The number of nitrogens with zero attached hydrogens (tertiary/aromatic N) is 2. The smallest absolute Gasteiger partial charge is 0.224 e. The van der Waals surface area contributed by atoms with Crippen LogP contribution in [0.4, 0.5) is 17.2 Å². The highest BCUT2D eigenvalue weighted by molar-refractivity contribution is 7.09. The van der Waals surface area contributed by atoms with E-state index in [4.69, 9.17) is 9.47 Å². The van der Waals surface area contributed by atoms with Crippen LogP contribution in [-0.2, 0) is 11.2 Å². The van der Waals surface area contributed by atoms with Crippen LogP contribution < -0.4 is 20.1 Å². The molecule has 8 heteroatoms. The number of carbonyl (C=O) groups excluding carboxylic acids is 1. The molecule has 2 aromatic heterocycles. The van der Waals surface area contributed by atoms with E-state index in [0.29, 0.717) is 23.7 Å². The molecule has 7 nitrogen and oxygen atoms in total. The van der Waals surface area contributed by atoms with E-state index < -0.39 is 0 Å².